The van der Waals surface area contributed by atoms with E-state index in [-0.39, 0.29) is 24.7 Å². The maximum atomic E-state index is 13.6. The molecule has 252 valence electrons. The van der Waals surface area contributed by atoms with Gasteiger partial charge >= 0.3 is 24.1 Å². The van der Waals surface area contributed by atoms with Crippen LogP contribution >= 0.6 is 0 Å². The second kappa shape index (κ2) is 15.5. The molecule has 11 nitrogen and oxygen atoms in total. The molecule has 11 heteroatoms. The van der Waals surface area contributed by atoms with Gasteiger partial charge in [-0.15, -0.1) is 0 Å². The first-order chi connectivity index (χ1) is 23.9. The van der Waals surface area contributed by atoms with Gasteiger partial charge in [-0.05, 0) is 67.5 Å². The van der Waals surface area contributed by atoms with Gasteiger partial charge in [0.05, 0.1) is 11.3 Å². The number of ether oxygens (including phenoxy) is 4. The number of aromatic nitrogens is 1. The minimum atomic E-state index is -0.860. The lowest BCUT2D eigenvalue weighted by atomic mass is 10.0. The molecule has 0 N–H and O–H groups in total. The maximum Gasteiger partial charge on any atom is 0.410 e. The van der Waals surface area contributed by atoms with Crippen LogP contribution in [0.3, 0.4) is 0 Å². The Hall–Kier alpha value is -5.71. The predicted molar refractivity (Wildman–Crippen MR) is 178 cm³/mol. The van der Waals surface area contributed by atoms with Crippen molar-refractivity contribution in [3.63, 3.8) is 0 Å². The van der Waals surface area contributed by atoms with Gasteiger partial charge in [-0.2, -0.15) is 0 Å². The van der Waals surface area contributed by atoms with Crippen molar-refractivity contribution in [2.24, 2.45) is 0 Å². The number of amides is 2. The molecule has 2 amide bonds. The molecule has 49 heavy (non-hydrogen) atoms. The topological polar surface area (TPSA) is 125 Å². The molecule has 2 fully saturated rings. The smallest absolute Gasteiger partial charge is 0.410 e. The van der Waals surface area contributed by atoms with Crippen LogP contribution in [0.1, 0.15) is 42.4 Å². The van der Waals surface area contributed by atoms with Crippen LogP contribution in [0.25, 0.3) is 11.3 Å². The van der Waals surface area contributed by atoms with Crippen LogP contribution in [0.5, 0.6) is 11.5 Å². The lowest BCUT2D eigenvalue weighted by molar-refractivity contribution is -0.139. The average Bonchev–Trinajstić information content (AvgIpc) is 3.83. The Labute approximate surface area is 284 Å². The molecule has 0 bridgehead atoms. The van der Waals surface area contributed by atoms with Gasteiger partial charge < -0.3 is 18.9 Å². The van der Waals surface area contributed by atoms with Crippen LogP contribution in [0.15, 0.2) is 97.2 Å². The highest BCUT2D eigenvalue weighted by Crippen LogP contribution is 2.40. The molecule has 0 radical (unpaired) electrons. The van der Waals surface area contributed by atoms with Crippen molar-refractivity contribution in [2.45, 2.75) is 57.9 Å². The third-order valence-electron chi connectivity index (χ3n) is 8.58. The minimum absolute atomic E-state index is 0.0810. The van der Waals surface area contributed by atoms with Crippen molar-refractivity contribution < 1.29 is 38.1 Å². The molecule has 2 saturated heterocycles. The number of likely N-dealkylation sites (tertiary alicyclic amines) is 2. The Bertz CT molecular complexity index is 1690. The number of carbonyl (C=O) groups excluding carboxylic acids is 4. The van der Waals surface area contributed by atoms with Gasteiger partial charge in [0.1, 0.15) is 36.8 Å². The standard InChI is InChI=1S/C38H37N3O8/c1-26-12-9-21-39-34(26)33-31(48-35(42)29-17-10-22-40(29)37(44)46-24-27-13-4-2-5-14-27)19-8-20-32(33)49-36(43)30-18-11-23-41(30)38(45)47-25-28-15-6-3-7-16-28/h2-9,12-16,19-21,29-30H,10-11,17-18,22-25H2,1H3/t29-,30-/m0/s1. The summed E-state index contributed by atoms with van der Waals surface area (Å²) in [4.78, 5) is 60.6. The summed E-state index contributed by atoms with van der Waals surface area (Å²) in [7, 11) is 0. The second-order valence-electron chi connectivity index (χ2n) is 11.9. The Kier molecular flexibility index (Phi) is 10.5. The first-order valence-electron chi connectivity index (χ1n) is 16.3. The fraction of sp³-hybridized carbons (Fsp3) is 0.289. The van der Waals surface area contributed by atoms with E-state index in [1.807, 2.05) is 73.7 Å². The highest BCUT2D eigenvalue weighted by Gasteiger charge is 2.39. The Morgan fingerprint density at radius 2 is 1.14 bits per heavy atom. The van der Waals surface area contributed by atoms with E-state index in [0.29, 0.717) is 50.0 Å². The number of hydrogen-bond acceptors (Lipinski definition) is 9. The molecule has 4 aromatic rings. The zero-order chi connectivity index (χ0) is 34.2. The Morgan fingerprint density at radius 3 is 1.61 bits per heavy atom. The number of pyridine rings is 1. The normalized spacial score (nSPS) is 17.0. The highest BCUT2D eigenvalue weighted by molar-refractivity contribution is 5.89. The van der Waals surface area contributed by atoms with Crippen LogP contribution < -0.4 is 9.47 Å². The van der Waals surface area contributed by atoms with E-state index >= 15 is 0 Å². The Morgan fingerprint density at radius 1 is 0.653 bits per heavy atom. The molecular weight excluding hydrogens is 626 g/mol. The van der Waals surface area contributed by atoms with Crippen LogP contribution in [0, 0.1) is 6.92 Å². The van der Waals surface area contributed by atoms with Gasteiger partial charge in [0.15, 0.2) is 0 Å². The molecule has 0 spiro atoms. The summed E-state index contributed by atoms with van der Waals surface area (Å²) in [5.41, 5.74) is 3.17. The largest absolute Gasteiger partial charge is 0.445 e. The van der Waals surface area contributed by atoms with Crippen LogP contribution in [0.2, 0.25) is 0 Å². The predicted octanol–water partition coefficient (Wildman–Crippen LogP) is 6.47. The fourth-order valence-electron chi connectivity index (χ4n) is 6.08. The maximum absolute atomic E-state index is 13.6. The molecule has 2 aliphatic rings. The lowest BCUT2D eigenvalue weighted by Gasteiger charge is -2.24. The fourth-order valence-corrected chi connectivity index (χ4v) is 6.08. The first-order valence-corrected chi connectivity index (χ1v) is 16.3. The van der Waals surface area contributed by atoms with Crippen molar-refractivity contribution >= 4 is 24.1 Å². The van der Waals surface area contributed by atoms with Gasteiger partial charge in [-0.25, -0.2) is 19.2 Å². The number of rotatable bonds is 9. The highest BCUT2D eigenvalue weighted by atomic mass is 16.6. The van der Waals surface area contributed by atoms with Crippen molar-refractivity contribution in [2.75, 3.05) is 13.1 Å². The van der Waals surface area contributed by atoms with Gasteiger partial charge in [0.2, 0.25) is 0 Å². The SMILES string of the molecule is Cc1cccnc1-c1c(OC(=O)[C@@H]2CCCN2C(=O)OCc2ccccc2)cccc1OC(=O)[C@@H]1CCCN1C(=O)OCc1ccccc1. The summed E-state index contributed by atoms with van der Waals surface area (Å²) in [6.07, 6.45) is 2.42. The van der Waals surface area contributed by atoms with E-state index in [1.165, 1.54) is 9.80 Å². The second-order valence-corrected chi connectivity index (χ2v) is 11.9. The molecular formula is C38H37N3O8. The van der Waals surface area contributed by atoms with E-state index in [9.17, 15) is 19.2 Å². The average molecular weight is 664 g/mol. The van der Waals surface area contributed by atoms with E-state index in [0.717, 1.165) is 16.7 Å². The molecule has 0 unspecified atom stereocenters. The van der Waals surface area contributed by atoms with E-state index < -0.39 is 36.2 Å². The van der Waals surface area contributed by atoms with Crippen LogP contribution in [-0.4, -0.2) is 64.1 Å². The van der Waals surface area contributed by atoms with E-state index in [4.69, 9.17) is 18.9 Å². The minimum Gasteiger partial charge on any atom is -0.445 e. The molecule has 2 atom stereocenters. The van der Waals surface area contributed by atoms with E-state index in [1.54, 1.807) is 30.5 Å². The van der Waals surface area contributed by atoms with Crippen LogP contribution in [-0.2, 0) is 32.3 Å². The summed E-state index contributed by atoms with van der Waals surface area (Å²) in [6, 6.07) is 25.3. The number of esters is 2. The molecule has 1 aromatic heterocycles. The number of benzene rings is 3. The monoisotopic (exact) mass is 663 g/mol. The van der Waals surface area contributed by atoms with Crippen molar-refractivity contribution in [3.8, 4) is 22.8 Å². The summed E-state index contributed by atoms with van der Waals surface area (Å²) in [5, 5.41) is 0. The summed E-state index contributed by atoms with van der Waals surface area (Å²) in [6.45, 7) is 2.70. The van der Waals surface area contributed by atoms with Gasteiger partial charge in [-0.1, -0.05) is 72.8 Å². The van der Waals surface area contributed by atoms with Crippen molar-refractivity contribution in [1.29, 1.82) is 0 Å². The molecule has 0 saturated carbocycles. The van der Waals surface area contributed by atoms with Gasteiger partial charge in [-0.3, -0.25) is 14.8 Å². The summed E-state index contributed by atoms with van der Waals surface area (Å²) in [5.74, 6) is -1.05. The Balaban J connectivity index is 1.19. The zero-order valence-corrected chi connectivity index (χ0v) is 27.2. The number of hydrogen-bond donors (Lipinski definition) is 0. The summed E-state index contributed by atoms with van der Waals surface area (Å²) < 4.78 is 22.9. The van der Waals surface area contributed by atoms with Gasteiger partial charge in [0.25, 0.3) is 0 Å². The van der Waals surface area contributed by atoms with Crippen molar-refractivity contribution in [3.05, 3.63) is 114 Å². The number of nitrogens with zero attached hydrogens (tertiary/aromatic N) is 3. The third kappa shape index (κ3) is 7.89. The third-order valence-corrected chi connectivity index (χ3v) is 8.58. The van der Waals surface area contributed by atoms with E-state index in [2.05, 4.69) is 4.98 Å². The molecule has 0 aliphatic carbocycles. The molecule has 3 heterocycles. The zero-order valence-electron chi connectivity index (χ0n) is 27.2. The quantitative estimate of drug-likeness (QED) is 0.146. The summed E-state index contributed by atoms with van der Waals surface area (Å²) >= 11 is 0. The molecule has 3 aromatic carbocycles. The first kappa shape index (κ1) is 33.2. The molecule has 6 rings (SSSR count). The molecule has 2 aliphatic heterocycles. The van der Waals surface area contributed by atoms with Crippen molar-refractivity contribution in [1.82, 2.24) is 14.8 Å². The lowest BCUT2D eigenvalue weighted by Crippen LogP contribution is -2.43. The number of carbonyl (C=O) groups is 4. The van der Waals surface area contributed by atoms with Crippen LogP contribution in [0.4, 0.5) is 9.59 Å². The van der Waals surface area contributed by atoms with Gasteiger partial charge in [0, 0.05) is 19.3 Å². The number of aryl methyl sites for hydroxylation is 1.